The Bertz CT molecular complexity index is 883. The standard InChI is InChI=1S/C34H46/c1-4-29(26-28(3)31-19-11-7-12-20-31)27-34(33-23-15-9-16-24-33)25-17-6-10-18-30(5-2)32-21-13-8-14-22-32/h7-9,11-16,19-24,28-30,34H,4-6,10,17-18,25-27H2,1-3H3. The molecule has 0 aromatic heterocycles. The molecule has 0 saturated heterocycles. The Morgan fingerprint density at radius 1 is 0.500 bits per heavy atom. The summed E-state index contributed by atoms with van der Waals surface area (Å²) in [5, 5.41) is 0. The Labute approximate surface area is 209 Å². The average molecular weight is 455 g/mol. The maximum Gasteiger partial charge on any atom is -0.0159 e. The predicted octanol–water partition coefficient (Wildman–Crippen LogP) is 10.5. The van der Waals surface area contributed by atoms with Crippen LogP contribution in [0.1, 0.15) is 113 Å². The zero-order valence-corrected chi connectivity index (χ0v) is 21.8. The van der Waals surface area contributed by atoms with Gasteiger partial charge in [0.05, 0.1) is 0 Å². The van der Waals surface area contributed by atoms with Crippen molar-refractivity contribution in [3.63, 3.8) is 0 Å². The van der Waals surface area contributed by atoms with E-state index in [0.717, 1.165) is 11.8 Å². The molecule has 0 amide bonds. The highest BCUT2D eigenvalue weighted by atomic mass is 14.2. The summed E-state index contributed by atoms with van der Waals surface area (Å²) in [4.78, 5) is 0. The molecule has 3 aromatic rings. The first-order chi connectivity index (χ1) is 16.7. The molecule has 3 aromatic carbocycles. The van der Waals surface area contributed by atoms with Crippen LogP contribution in [0.4, 0.5) is 0 Å². The Hall–Kier alpha value is -2.34. The molecular formula is C34H46. The number of hydrogen-bond donors (Lipinski definition) is 0. The van der Waals surface area contributed by atoms with Crippen LogP contribution in [0.15, 0.2) is 91.0 Å². The van der Waals surface area contributed by atoms with Gasteiger partial charge in [0.2, 0.25) is 0 Å². The molecule has 4 unspecified atom stereocenters. The molecular weight excluding hydrogens is 408 g/mol. The van der Waals surface area contributed by atoms with Crippen molar-refractivity contribution in [3.05, 3.63) is 108 Å². The summed E-state index contributed by atoms with van der Waals surface area (Å²) in [6, 6.07) is 33.5. The van der Waals surface area contributed by atoms with Crippen LogP contribution in [0.2, 0.25) is 0 Å². The zero-order chi connectivity index (χ0) is 24.0. The molecule has 0 N–H and O–H groups in total. The zero-order valence-electron chi connectivity index (χ0n) is 21.8. The fraction of sp³-hybridized carbons (Fsp3) is 0.471. The van der Waals surface area contributed by atoms with E-state index in [-0.39, 0.29) is 0 Å². The topological polar surface area (TPSA) is 0 Å². The van der Waals surface area contributed by atoms with Crippen molar-refractivity contribution in [2.75, 3.05) is 0 Å². The third-order valence-corrected chi connectivity index (χ3v) is 7.89. The normalized spacial score (nSPS) is 14.9. The minimum atomic E-state index is 0.631. The van der Waals surface area contributed by atoms with Gasteiger partial charge in [-0.3, -0.25) is 0 Å². The van der Waals surface area contributed by atoms with Gasteiger partial charge < -0.3 is 0 Å². The van der Waals surface area contributed by atoms with Gasteiger partial charge in [0.15, 0.2) is 0 Å². The van der Waals surface area contributed by atoms with Gasteiger partial charge in [0.25, 0.3) is 0 Å². The number of hydrogen-bond acceptors (Lipinski definition) is 0. The Morgan fingerprint density at radius 3 is 1.47 bits per heavy atom. The van der Waals surface area contributed by atoms with E-state index < -0.39 is 0 Å². The summed E-state index contributed by atoms with van der Waals surface area (Å²) < 4.78 is 0. The van der Waals surface area contributed by atoms with E-state index in [1.165, 1.54) is 68.9 Å². The van der Waals surface area contributed by atoms with Crippen molar-refractivity contribution >= 4 is 0 Å². The third-order valence-electron chi connectivity index (χ3n) is 7.89. The fourth-order valence-electron chi connectivity index (χ4n) is 5.69. The minimum absolute atomic E-state index is 0.631. The van der Waals surface area contributed by atoms with Gasteiger partial charge >= 0.3 is 0 Å². The van der Waals surface area contributed by atoms with Crippen molar-refractivity contribution in [1.82, 2.24) is 0 Å². The molecule has 0 aliphatic rings. The van der Waals surface area contributed by atoms with Crippen LogP contribution in [0.25, 0.3) is 0 Å². The van der Waals surface area contributed by atoms with Gasteiger partial charge in [0, 0.05) is 0 Å². The molecule has 3 rings (SSSR count). The Morgan fingerprint density at radius 2 is 0.971 bits per heavy atom. The Balaban J connectivity index is 1.52. The van der Waals surface area contributed by atoms with Gasteiger partial charge in [-0.15, -0.1) is 0 Å². The second-order valence-corrected chi connectivity index (χ2v) is 10.3. The monoisotopic (exact) mass is 454 g/mol. The molecule has 0 nitrogen and oxygen atoms in total. The van der Waals surface area contributed by atoms with Crippen LogP contribution in [0.3, 0.4) is 0 Å². The largest absolute Gasteiger partial charge is 0.0651 e. The van der Waals surface area contributed by atoms with Gasteiger partial charge in [-0.25, -0.2) is 0 Å². The number of benzene rings is 3. The summed E-state index contributed by atoms with van der Waals surface area (Å²) in [7, 11) is 0. The van der Waals surface area contributed by atoms with Gasteiger partial charge in [-0.2, -0.15) is 0 Å². The molecule has 0 aliphatic carbocycles. The molecule has 4 atom stereocenters. The Kier molecular flexibility index (Phi) is 11.5. The smallest absolute Gasteiger partial charge is 0.0159 e. The maximum absolute atomic E-state index is 2.41. The minimum Gasteiger partial charge on any atom is -0.0651 e. The van der Waals surface area contributed by atoms with E-state index >= 15 is 0 Å². The van der Waals surface area contributed by atoms with Crippen LogP contribution in [0, 0.1) is 5.92 Å². The summed E-state index contributed by atoms with van der Waals surface area (Å²) in [6.45, 7) is 7.13. The van der Waals surface area contributed by atoms with Crippen molar-refractivity contribution in [2.45, 2.75) is 96.3 Å². The molecule has 0 saturated carbocycles. The first kappa shape index (κ1) is 26.3. The number of rotatable bonds is 15. The van der Waals surface area contributed by atoms with Crippen LogP contribution in [-0.4, -0.2) is 0 Å². The third kappa shape index (κ3) is 8.46. The highest BCUT2D eigenvalue weighted by Crippen LogP contribution is 2.35. The molecule has 0 radical (unpaired) electrons. The summed E-state index contributed by atoms with van der Waals surface area (Å²) >= 11 is 0. The van der Waals surface area contributed by atoms with Crippen LogP contribution < -0.4 is 0 Å². The summed E-state index contributed by atoms with van der Waals surface area (Å²) in [5.74, 6) is 2.81. The molecule has 0 aliphatic heterocycles. The van der Waals surface area contributed by atoms with Gasteiger partial charge in [-0.05, 0) is 72.5 Å². The first-order valence-corrected chi connectivity index (χ1v) is 13.9. The lowest BCUT2D eigenvalue weighted by Crippen LogP contribution is -2.11. The lowest BCUT2D eigenvalue weighted by molar-refractivity contribution is 0.358. The highest BCUT2D eigenvalue weighted by Gasteiger charge is 2.20. The molecule has 0 spiro atoms. The van der Waals surface area contributed by atoms with Crippen molar-refractivity contribution in [2.24, 2.45) is 5.92 Å². The summed E-state index contributed by atoms with van der Waals surface area (Å²) in [6.07, 6.45) is 11.8. The van der Waals surface area contributed by atoms with Crippen molar-refractivity contribution in [3.8, 4) is 0 Å². The molecule has 182 valence electrons. The quantitative estimate of drug-likeness (QED) is 0.200. The van der Waals surface area contributed by atoms with E-state index in [9.17, 15) is 0 Å². The molecule has 0 fully saturated rings. The van der Waals surface area contributed by atoms with Crippen LogP contribution in [0.5, 0.6) is 0 Å². The van der Waals surface area contributed by atoms with Crippen molar-refractivity contribution < 1.29 is 0 Å². The highest BCUT2D eigenvalue weighted by molar-refractivity contribution is 5.21. The first-order valence-electron chi connectivity index (χ1n) is 13.9. The van der Waals surface area contributed by atoms with Crippen molar-refractivity contribution in [1.29, 1.82) is 0 Å². The van der Waals surface area contributed by atoms with E-state index in [2.05, 4.69) is 112 Å². The molecule has 34 heavy (non-hydrogen) atoms. The average Bonchev–Trinajstić information content (AvgIpc) is 2.90. The second-order valence-electron chi connectivity index (χ2n) is 10.3. The lowest BCUT2D eigenvalue weighted by Gasteiger charge is -2.26. The van der Waals surface area contributed by atoms with Gasteiger partial charge in [-0.1, -0.05) is 137 Å². The van der Waals surface area contributed by atoms with Crippen LogP contribution >= 0.6 is 0 Å². The van der Waals surface area contributed by atoms with E-state index in [0.29, 0.717) is 11.8 Å². The fourth-order valence-corrected chi connectivity index (χ4v) is 5.69. The van der Waals surface area contributed by atoms with Gasteiger partial charge in [0.1, 0.15) is 0 Å². The van der Waals surface area contributed by atoms with E-state index in [1.54, 1.807) is 5.56 Å². The summed E-state index contributed by atoms with van der Waals surface area (Å²) in [5.41, 5.74) is 4.55. The molecule has 0 bridgehead atoms. The lowest BCUT2D eigenvalue weighted by atomic mass is 9.79. The SMILES string of the molecule is CCC(CC(C)c1ccccc1)CC(CCCCCC(CC)c1ccccc1)c1ccccc1. The maximum atomic E-state index is 2.41. The van der Waals surface area contributed by atoms with E-state index in [4.69, 9.17) is 0 Å². The molecule has 0 heteroatoms. The second kappa shape index (κ2) is 14.8. The predicted molar refractivity (Wildman–Crippen MR) is 150 cm³/mol. The number of unbranched alkanes of at least 4 members (excludes halogenated alkanes) is 2. The molecule has 0 heterocycles. The van der Waals surface area contributed by atoms with Crippen LogP contribution in [-0.2, 0) is 0 Å². The van der Waals surface area contributed by atoms with E-state index in [1.807, 2.05) is 0 Å².